The van der Waals surface area contributed by atoms with E-state index in [1.165, 1.54) is 6.07 Å². The van der Waals surface area contributed by atoms with Gasteiger partial charge in [0, 0.05) is 42.5 Å². The molecule has 0 atom stereocenters. The molecule has 0 N–H and O–H groups in total. The molecule has 1 saturated heterocycles. The Labute approximate surface area is 211 Å². The summed E-state index contributed by atoms with van der Waals surface area (Å²) in [5, 5.41) is 3.49. The van der Waals surface area contributed by atoms with Gasteiger partial charge in [-0.3, -0.25) is 0 Å². The summed E-state index contributed by atoms with van der Waals surface area (Å²) in [7, 11) is 0. The largest absolute Gasteiger partial charge is 1.00 e. The van der Waals surface area contributed by atoms with E-state index < -0.39 is 25.0 Å². The molecule has 1 amide bonds. The summed E-state index contributed by atoms with van der Waals surface area (Å²) in [6, 6.07) is 2.87. The van der Waals surface area contributed by atoms with Crippen LogP contribution in [0, 0.1) is 6.92 Å². The van der Waals surface area contributed by atoms with Gasteiger partial charge in [-0.05, 0) is 44.9 Å². The molecule has 154 valence electrons. The Balaban J connectivity index is 0.00000420. The van der Waals surface area contributed by atoms with Crippen molar-refractivity contribution in [3.63, 3.8) is 0 Å². The van der Waals surface area contributed by atoms with E-state index in [1.807, 2.05) is 4.90 Å². The summed E-state index contributed by atoms with van der Waals surface area (Å²) in [5.74, 6) is 0. The molecule has 0 bridgehead atoms. The van der Waals surface area contributed by atoms with Gasteiger partial charge in [-0.15, -0.1) is 0 Å². The molecule has 0 aromatic heterocycles. The predicted octanol–water partition coefficient (Wildman–Crippen LogP) is 1.93. The maximum absolute atomic E-state index is 13.0. The van der Waals surface area contributed by atoms with E-state index in [1.54, 1.807) is 38.7 Å². The van der Waals surface area contributed by atoms with Crippen molar-refractivity contribution in [1.82, 2.24) is 4.90 Å². The molecule has 1 aliphatic rings. The third kappa shape index (κ3) is 8.03. The number of benzene rings is 1. The van der Waals surface area contributed by atoms with Crippen LogP contribution in [0.25, 0.3) is 10.4 Å². The van der Waals surface area contributed by atoms with Crippen LogP contribution in [-0.4, -0.2) is 49.8 Å². The molecule has 2 rings (SSSR count). The van der Waals surface area contributed by atoms with E-state index in [9.17, 15) is 17.7 Å². The Morgan fingerprint density at radius 2 is 1.83 bits per heavy atom. The molecule has 1 heterocycles. The number of piperazine rings is 1. The van der Waals surface area contributed by atoms with Gasteiger partial charge in [0.2, 0.25) is 0 Å². The van der Waals surface area contributed by atoms with Gasteiger partial charge in [-0.1, -0.05) is 23.1 Å². The summed E-state index contributed by atoms with van der Waals surface area (Å²) in [4.78, 5) is 18.4. The molecule has 0 radical (unpaired) electrons. The zero-order valence-electron chi connectivity index (χ0n) is 17.5. The van der Waals surface area contributed by atoms with E-state index >= 15 is 0 Å². The second kappa shape index (κ2) is 10.4. The number of carbonyl (C=O) groups is 1. The number of halogens is 3. The summed E-state index contributed by atoms with van der Waals surface area (Å²) in [6.45, 7) is 3.63. The monoisotopic (exact) mass is 437 g/mol. The van der Waals surface area contributed by atoms with Gasteiger partial charge in [0.15, 0.2) is 0 Å². The molecule has 1 aromatic carbocycles. The van der Waals surface area contributed by atoms with Crippen molar-refractivity contribution in [2.24, 2.45) is 5.11 Å². The Bertz CT molecular complexity index is 786. The minimum atomic E-state index is -5.02. The molecule has 1 aromatic rings. The van der Waals surface area contributed by atoms with Crippen molar-refractivity contribution in [1.29, 1.82) is 0 Å². The molecular weight excluding hydrogens is 413 g/mol. The van der Waals surface area contributed by atoms with Crippen molar-refractivity contribution in [3.05, 3.63) is 33.7 Å². The first-order chi connectivity index (χ1) is 12.9. The minimum Gasteiger partial charge on any atom is -0.449 e. The predicted molar refractivity (Wildman–Crippen MR) is 103 cm³/mol. The van der Waals surface area contributed by atoms with Crippen LogP contribution in [0.15, 0.2) is 17.2 Å². The summed E-state index contributed by atoms with van der Waals surface area (Å²) in [5.41, 5.74) is 9.41. The second-order valence-corrected chi connectivity index (χ2v) is 7.81. The van der Waals surface area contributed by atoms with E-state index in [0.29, 0.717) is 37.4 Å². The van der Waals surface area contributed by atoms with Gasteiger partial charge < -0.3 is 27.5 Å². The fraction of sp³-hybridized carbons (Fsp3) is 0.588. The van der Waals surface area contributed by atoms with Gasteiger partial charge in [-0.25, -0.2) is 4.79 Å². The van der Waals surface area contributed by atoms with Crippen LogP contribution in [0.2, 0.25) is 0 Å². The third-order valence-corrected chi connectivity index (χ3v) is 4.36. The Hall–Kier alpha value is -0.909. The maximum Gasteiger partial charge on any atom is 1.00 e. The zero-order valence-corrected chi connectivity index (χ0v) is 20.6. The van der Waals surface area contributed by atoms with Gasteiger partial charge >= 0.3 is 64.5 Å². The Kier molecular flexibility index (Phi) is 9.38. The number of azide groups is 1. The summed E-state index contributed by atoms with van der Waals surface area (Å²) in [6.07, 6.45) is -1.45. The van der Waals surface area contributed by atoms with Crippen LogP contribution in [-0.2, 0) is 11.1 Å². The average molecular weight is 437 g/mol. The maximum atomic E-state index is 13.0. The summed E-state index contributed by atoms with van der Waals surface area (Å²) < 4.78 is 44.3. The Morgan fingerprint density at radius 1 is 1.24 bits per heavy atom. The molecule has 0 saturated carbocycles. The summed E-state index contributed by atoms with van der Waals surface area (Å²) >= 11 is 0. The molecule has 7 nitrogen and oxygen atoms in total. The smallest absolute Gasteiger partial charge is 0.449 e. The molecule has 12 heteroatoms. The second-order valence-electron chi connectivity index (χ2n) is 7.81. The number of nitrogens with zero attached hydrogens (tertiary/aromatic N) is 5. The standard InChI is InChI=1S/C17H24BF3N5O2.K/c1-12-13(11-18(19,20)21)9-14(23-24-22)10-15(12)25-5-7-26(8-6-25)16(27)28-17(2,3)4;/h9-10H,5-8,11H2,1-4H3;/q-1;+1. The fourth-order valence-electron chi connectivity index (χ4n) is 3.10. The molecule has 29 heavy (non-hydrogen) atoms. The average Bonchev–Trinajstić information content (AvgIpc) is 2.55. The molecule has 1 fully saturated rings. The van der Waals surface area contributed by atoms with Gasteiger partial charge in [-0.2, -0.15) is 0 Å². The molecule has 0 unspecified atom stereocenters. The van der Waals surface area contributed by atoms with Crippen LogP contribution < -0.4 is 56.3 Å². The van der Waals surface area contributed by atoms with E-state index in [2.05, 4.69) is 10.0 Å². The third-order valence-electron chi connectivity index (χ3n) is 4.36. The van der Waals surface area contributed by atoms with E-state index in [-0.39, 0.29) is 62.6 Å². The minimum absolute atomic E-state index is 0. The number of rotatable bonds is 4. The quantitative estimate of drug-likeness (QED) is 0.313. The number of hydrogen-bond acceptors (Lipinski definition) is 4. The topological polar surface area (TPSA) is 81.5 Å². The van der Waals surface area contributed by atoms with Gasteiger partial charge in [0.1, 0.15) is 5.60 Å². The number of hydrogen-bond donors (Lipinski definition) is 0. The first kappa shape index (κ1) is 26.1. The number of carbonyl (C=O) groups excluding carboxylic acids is 1. The first-order valence-electron chi connectivity index (χ1n) is 9.02. The SMILES string of the molecule is Cc1c(C[B-](F)(F)F)cc(N=[N+]=[N-])cc1N1CCN(C(=O)OC(C)(C)C)CC1.[K+]. The van der Waals surface area contributed by atoms with Crippen LogP contribution in [0.5, 0.6) is 0 Å². The number of anilines is 1. The number of ether oxygens (including phenoxy) is 1. The van der Waals surface area contributed by atoms with Gasteiger partial charge in [0.25, 0.3) is 0 Å². The van der Waals surface area contributed by atoms with Gasteiger partial charge in [0.05, 0.1) is 0 Å². The molecule has 0 spiro atoms. The molecule has 1 aliphatic heterocycles. The normalized spacial score (nSPS) is 14.7. The zero-order chi connectivity index (χ0) is 21.1. The van der Waals surface area contributed by atoms with Crippen LogP contribution >= 0.6 is 0 Å². The van der Waals surface area contributed by atoms with Crippen molar-refractivity contribution in [2.75, 3.05) is 31.1 Å². The van der Waals surface area contributed by atoms with Crippen molar-refractivity contribution < 1.29 is 73.9 Å². The fourth-order valence-corrected chi connectivity index (χ4v) is 3.10. The van der Waals surface area contributed by atoms with Crippen LogP contribution in [0.4, 0.5) is 29.1 Å². The van der Waals surface area contributed by atoms with E-state index in [0.717, 1.165) is 0 Å². The number of amides is 1. The van der Waals surface area contributed by atoms with Crippen molar-refractivity contribution in [2.45, 2.75) is 39.6 Å². The molecule has 0 aliphatic carbocycles. The van der Waals surface area contributed by atoms with Crippen molar-refractivity contribution in [3.8, 4) is 0 Å². The van der Waals surface area contributed by atoms with Crippen LogP contribution in [0.1, 0.15) is 31.9 Å². The van der Waals surface area contributed by atoms with Crippen molar-refractivity contribution >= 4 is 24.4 Å². The Morgan fingerprint density at radius 3 is 2.31 bits per heavy atom. The van der Waals surface area contributed by atoms with Crippen LogP contribution in [0.3, 0.4) is 0 Å². The van der Waals surface area contributed by atoms with E-state index in [4.69, 9.17) is 10.3 Å². The molecular formula is C17H24BF3KN5O2. The first-order valence-corrected chi connectivity index (χ1v) is 9.02.